The monoisotopic (exact) mass is 358 g/mol. The number of alkyl halides is 3. The number of carbonyl (C=O) groups is 1. The van der Waals surface area contributed by atoms with Crippen LogP contribution < -0.4 is 5.32 Å². The fraction of sp³-hybridized carbons (Fsp3) is 0.611. The van der Waals surface area contributed by atoms with Gasteiger partial charge in [0.1, 0.15) is 5.60 Å². The summed E-state index contributed by atoms with van der Waals surface area (Å²) in [6.07, 6.45) is -3.05. The zero-order chi connectivity index (χ0) is 18.7. The number of hydrogen-bond acceptors (Lipinski definition) is 3. The van der Waals surface area contributed by atoms with Crippen molar-refractivity contribution in [2.24, 2.45) is 5.92 Å². The fourth-order valence-corrected chi connectivity index (χ4v) is 2.71. The Hall–Kier alpha value is -1.92. The summed E-state index contributed by atoms with van der Waals surface area (Å²) < 4.78 is 43.5. The predicted octanol–water partition coefficient (Wildman–Crippen LogP) is 4.76. The zero-order valence-corrected chi connectivity index (χ0v) is 14.8. The molecule has 1 amide bonds. The highest BCUT2D eigenvalue weighted by molar-refractivity contribution is 5.68. The third-order valence-corrected chi connectivity index (χ3v) is 4.05. The van der Waals surface area contributed by atoms with Crippen LogP contribution in [0.2, 0.25) is 0 Å². The number of rotatable bonds is 3. The summed E-state index contributed by atoms with van der Waals surface area (Å²) in [6, 6.07) is 5.21. The molecule has 0 spiro atoms. The standard InChI is InChI=1S/C18H25F3N2O2/c1-17(2,3)25-16(24)23-9-7-13(8-10-23)12-22-15-6-4-5-14(11-15)18(19,20)21/h4-6,11,13,22H,7-10,12H2,1-3H3. The van der Waals surface area contributed by atoms with E-state index in [1.807, 2.05) is 20.8 Å². The van der Waals surface area contributed by atoms with Gasteiger partial charge in [-0.25, -0.2) is 4.79 Å². The maximum atomic E-state index is 12.7. The van der Waals surface area contributed by atoms with Crippen LogP contribution in [0.5, 0.6) is 0 Å². The molecule has 1 aromatic rings. The predicted molar refractivity (Wildman–Crippen MR) is 90.5 cm³/mol. The van der Waals surface area contributed by atoms with Crippen molar-refractivity contribution in [3.8, 4) is 0 Å². The number of anilines is 1. The van der Waals surface area contributed by atoms with Crippen LogP contribution in [0.1, 0.15) is 39.2 Å². The Kier molecular flexibility index (Phi) is 5.85. The number of amides is 1. The van der Waals surface area contributed by atoms with Gasteiger partial charge in [0.25, 0.3) is 0 Å². The molecule has 1 heterocycles. The summed E-state index contributed by atoms with van der Waals surface area (Å²) in [6.45, 7) is 7.28. The van der Waals surface area contributed by atoms with Crippen molar-refractivity contribution in [3.05, 3.63) is 29.8 Å². The van der Waals surface area contributed by atoms with E-state index in [0.29, 0.717) is 31.2 Å². The first kappa shape index (κ1) is 19.4. The van der Waals surface area contributed by atoms with E-state index in [0.717, 1.165) is 25.0 Å². The third-order valence-electron chi connectivity index (χ3n) is 4.05. The second-order valence-electron chi connectivity index (χ2n) is 7.37. The summed E-state index contributed by atoms with van der Waals surface area (Å²) in [7, 11) is 0. The second-order valence-corrected chi connectivity index (χ2v) is 7.37. The van der Waals surface area contributed by atoms with Crippen LogP contribution in [0.4, 0.5) is 23.7 Å². The molecule has 0 unspecified atom stereocenters. The van der Waals surface area contributed by atoms with Crippen molar-refractivity contribution >= 4 is 11.8 Å². The molecule has 0 saturated carbocycles. The van der Waals surface area contributed by atoms with Crippen LogP contribution in [0.25, 0.3) is 0 Å². The van der Waals surface area contributed by atoms with Gasteiger partial charge in [0, 0.05) is 25.3 Å². The van der Waals surface area contributed by atoms with E-state index in [2.05, 4.69) is 5.32 Å². The van der Waals surface area contributed by atoms with E-state index in [-0.39, 0.29) is 6.09 Å². The first-order valence-corrected chi connectivity index (χ1v) is 8.44. The Morgan fingerprint density at radius 3 is 2.44 bits per heavy atom. The molecule has 0 bridgehead atoms. The molecule has 7 heteroatoms. The van der Waals surface area contributed by atoms with Gasteiger partial charge in [0.2, 0.25) is 0 Å². The Bertz CT molecular complexity index is 589. The minimum atomic E-state index is -4.34. The number of carbonyl (C=O) groups excluding carboxylic acids is 1. The van der Waals surface area contributed by atoms with E-state index in [1.165, 1.54) is 6.07 Å². The van der Waals surface area contributed by atoms with Crippen molar-refractivity contribution < 1.29 is 22.7 Å². The minimum absolute atomic E-state index is 0.309. The van der Waals surface area contributed by atoms with Gasteiger partial charge in [0.05, 0.1) is 5.56 Å². The number of halogens is 3. The molecular weight excluding hydrogens is 333 g/mol. The molecule has 0 aliphatic carbocycles. The smallest absolute Gasteiger partial charge is 0.416 e. The maximum absolute atomic E-state index is 12.7. The quantitative estimate of drug-likeness (QED) is 0.847. The summed E-state index contributed by atoms with van der Waals surface area (Å²) in [4.78, 5) is 13.7. The molecular formula is C18H25F3N2O2. The Balaban J connectivity index is 1.80. The Labute approximate surface area is 146 Å². The molecule has 1 aliphatic rings. The number of hydrogen-bond donors (Lipinski definition) is 1. The molecule has 1 aliphatic heterocycles. The van der Waals surface area contributed by atoms with Gasteiger partial charge in [-0.1, -0.05) is 6.07 Å². The lowest BCUT2D eigenvalue weighted by Crippen LogP contribution is -2.42. The molecule has 25 heavy (non-hydrogen) atoms. The lowest BCUT2D eigenvalue weighted by atomic mass is 9.97. The van der Waals surface area contributed by atoms with Crippen LogP contribution in [0.15, 0.2) is 24.3 Å². The molecule has 0 radical (unpaired) electrons. The largest absolute Gasteiger partial charge is 0.444 e. The first-order chi connectivity index (χ1) is 11.5. The van der Waals surface area contributed by atoms with Gasteiger partial charge < -0.3 is 15.0 Å². The van der Waals surface area contributed by atoms with E-state index in [9.17, 15) is 18.0 Å². The SMILES string of the molecule is CC(C)(C)OC(=O)N1CCC(CNc2cccc(C(F)(F)F)c2)CC1. The number of nitrogens with one attached hydrogen (secondary N) is 1. The highest BCUT2D eigenvalue weighted by Crippen LogP contribution is 2.31. The lowest BCUT2D eigenvalue weighted by molar-refractivity contribution is -0.137. The molecule has 140 valence electrons. The van der Waals surface area contributed by atoms with E-state index in [4.69, 9.17) is 4.74 Å². The summed E-state index contributed by atoms with van der Waals surface area (Å²) in [5.41, 5.74) is -0.708. The normalized spacial score (nSPS) is 16.6. The highest BCUT2D eigenvalue weighted by atomic mass is 19.4. The van der Waals surface area contributed by atoms with Gasteiger partial charge >= 0.3 is 12.3 Å². The van der Waals surface area contributed by atoms with Crippen molar-refractivity contribution in [3.63, 3.8) is 0 Å². The van der Waals surface area contributed by atoms with Crippen LogP contribution in [-0.2, 0) is 10.9 Å². The average molecular weight is 358 g/mol. The Morgan fingerprint density at radius 2 is 1.88 bits per heavy atom. The Morgan fingerprint density at radius 1 is 1.24 bits per heavy atom. The van der Waals surface area contributed by atoms with Crippen LogP contribution in [-0.4, -0.2) is 36.2 Å². The number of piperidine rings is 1. The lowest BCUT2D eigenvalue weighted by Gasteiger charge is -2.33. The molecule has 4 nitrogen and oxygen atoms in total. The highest BCUT2D eigenvalue weighted by Gasteiger charge is 2.30. The summed E-state index contributed by atoms with van der Waals surface area (Å²) in [5, 5.41) is 3.07. The van der Waals surface area contributed by atoms with Crippen molar-refractivity contribution in [1.29, 1.82) is 0 Å². The number of ether oxygens (including phenoxy) is 1. The van der Waals surface area contributed by atoms with Crippen molar-refractivity contribution in [1.82, 2.24) is 4.90 Å². The zero-order valence-electron chi connectivity index (χ0n) is 14.8. The van der Waals surface area contributed by atoms with Gasteiger partial charge in [-0.05, 0) is 57.7 Å². The third kappa shape index (κ3) is 6.14. The topological polar surface area (TPSA) is 41.6 Å². The average Bonchev–Trinajstić information content (AvgIpc) is 2.51. The van der Waals surface area contributed by atoms with Gasteiger partial charge in [-0.15, -0.1) is 0 Å². The molecule has 1 saturated heterocycles. The van der Waals surface area contributed by atoms with Crippen molar-refractivity contribution in [2.75, 3.05) is 25.0 Å². The van der Waals surface area contributed by atoms with Gasteiger partial charge in [-0.2, -0.15) is 13.2 Å². The van der Waals surface area contributed by atoms with Gasteiger partial charge in [0.15, 0.2) is 0 Å². The van der Waals surface area contributed by atoms with Crippen LogP contribution >= 0.6 is 0 Å². The van der Waals surface area contributed by atoms with E-state index < -0.39 is 17.3 Å². The van der Waals surface area contributed by atoms with Gasteiger partial charge in [-0.3, -0.25) is 0 Å². The molecule has 1 aromatic carbocycles. The molecule has 0 aromatic heterocycles. The number of likely N-dealkylation sites (tertiary alicyclic amines) is 1. The minimum Gasteiger partial charge on any atom is -0.444 e. The second kappa shape index (κ2) is 7.54. The van der Waals surface area contributed by atoms with Crippen LogP contribution in [0.3, 0.4) is 0 Å². The first-order valence-electron chi connectivity index (χ1n) is 8.44. The fourth-order valence-electron chi connectivity index (χ4n) is 2.71. The number of benzene rings is 1. The summed E-state index contributed by atoms with van der Waals surface area (Å²) in [5.74, 6) is 0.313. The molecule has 2 rings (SSSR count). The molecule has 1 fully saturated rings. The molecule has 1 N–H and O–H groups in total. The number of nitrogens with zero attached hydrogens (tertiary/aromatic N) is 1. The molecule has 0 atom stereocenters. The van der Waals surface area contributed by atoms with Crippen LogP contribution in [0, 0.1) is 5.92 Å². The maximum Gasteiger partial charge on any atom is 0.416 e. The van der Waals surface area contributed by atoms with E-state index >= 15 is 0 Å². The van der Waals surface area contributed by atoms with Crippen molar-refractivity contribution in [2.45, 2.75) is 45.4 Å². The van der Waals surface area contributed by atoms with E-state index in [1.54, 1.807) is 11.0 Å². The summed E-state index contributed by atoms with van der Waals surface area (Å²) >= 11 is 0.